The highest BCUT2D eigenvalue weighted by molar-refractivity contribution is 7.21. The minimum absolute atomic E-state index is 0.181. The molecule has 0 spiro atoms. The van der Waals surface area contributed by atoms with Crippen molar-refractivity contribution in [2.75, 3.05) is 24.2 Å². The number of hydrogen-bond acceptors (Lipinski definition) is 9. The van der Waals surface area contributed by atoms with Crippen LogP contribution in [0.2, 0.25) is 0 Å². The van der Waals surface area contributed by atoms with Gasteiger partial charge in [0.05, 0.1) is 11.8 Å². The Morgan fingerprint density at radius 1 is 1.19 bits per heavy atom. The van der Waals surface area contributed by atoms with Gasteiger partial charge in [0, 0.05) is 31.4 Å². The zero-order valence-electron chi connectivity index (χ0n) is 18.4. The number of aromatic nitrogens is 4. The molecule has 9 heteroatoms. The summed E-state index contributed by atoms with van der Waals surface area (Å²) < 4.78 is 0. The second-order valence-corrected chi connectivity index (χ2v) is 9.76. The van der Waals surface area contributed by atoms with Crippen LogP contribution in [0.1, 0.15) is 45.2 Å². The molecule has 3 aromatic heterocycles. The number of pyridine rings is 1. The van der Waals surface area contributed by atoms with Gasteiger partial charge in [-0.2, -0.15) is 4.98 Å². The summed E-state index contributed by atoms with van der Waals surface area (Å²) in [6.07, 6.45) is 5.08. The van der Waals surface area contributed by atoms with Gasteiger partial charge in [-0.3, -0.25) is 0 Å². The molecule has 3 aromatic rings. The van der Waals surface area contributed by atoms with Gasteiger partial charge < -0.3 is 20.6 Å². The quantitative estimate of drug-likeness (QED) is 0.482. The number of thiazole rings is 1. The third-order valence-electron chi connectivity index (χ3n) is 5.32. The second kappa shape index (κ2) is 9.84. The van der Waals surface area contributed by atoms with Gasteiger partial charge in [-0.05, 0) is 50.8 Å². The monoisotopic (exact) mass is 441 g/mol. The summed E-state index contributed by atoms with van der Waals surface area (Å²) in [5.74, 6) is 1.94. The van der Waals surface area contributed by atoms with E-state index in [0.717, 1.165) is 65.8 Å². The fraction of sp³-hybridized carbons (Fsp3) is 0.545. The first-order valence-corrected chi connectivity index (χ1v) is 11.8. The molecule has 0 bridgehead atoms. The van der Waals surface area contributed by atoms with E-state index in [0.29, 0.717) is 11.9 Å². The van der Waals surface area contributed by atoms with Crippen molar-refractivity contribution in [1.82, 2.24) is 24.8 Å². The normalized spacial score (nSPS) is 19.3. The van der Waals surface area contributed by atoms with Gasteiger partial charge in [0.2, 0.25) is 5.95 Å². The van der Waals surface area contributed by atoms with Gasteiger partial charge in [0.15, 0.2) is 5.13 Å². The fourth-order valence-electron chi connectivity index (χ4n) is 4.01. The first-order valence-electron chi connectivity index (χ1n) is 10.9. The Balaban J connectivity index is 1.55. The first-order chi connectivity index (χ1) is 14.9. The van der Waals surface area contributed by atoms with Crippen molar-refractivity contribution in [3.63, 3.8) is 0 Å². The minimum Gasteiger partial charge on any atom is -0.393 e. The van der Waals surface area contributed by atoms with E-state index in [1.54, 1.807) is 6.20 Å². The predicted octanol–water partition coefficient (Wildman–Crippen LogP) is 4.03. The molecule has 3 heterocycles. The van der Waals surface area contributed by atoms with Crippen molar-refractivity contribution in [1.29, 1.82) is 0 Å². The highest BCUT2D eigenvalue weighted by atomic mass is 32.1. The Morgan fingerprint density at radius 2 is 2.00 bits per heavy atom. The summed E-state index contributed by atoms with van der Waals surface area (Å²) in [5.41, 5.74) is 1.83. The predicted molar refractivity (Wildman–Crippen MR) is 126 cm³/mol. The van der Waals surface area contributed by atoms with Crippen molar-refractivity contribution in [3.05, 3.63) is 30.1 Å². The fourth-order valence-corrected chi connectivity index (χ4v) is 4.82. The number of aliphatic hydroxyl groups is 1. The summed E-state index contributed by atoms with van der Waals surface area (Å²) in [4.78, 5) is 21.7. The zero-order chi connectivity index (χ0) is 21.8. The van der Waals surface area contributed by atoms with E-state index in [1.165, 1.54) is 11.3 Å². The maximum absolute atomic E-state index is 9.79. The van der Waals surface area contributed by atoms with E-state index in [1.807, 2.05) is 18.2 Å². The molecule has 31 heavy (non-hydrogen) atoms. The van der Waals surface area contributed by atoms with Crippen LogP contribution in [0.4, 0.5) is 16.9 Å². The van der Waals surface area contributed by atoms with Crippen LogP contribution in [0, 0.1) is 5.92 Å². The molecule has 1 saturated carbocycles. The van der Waals surface area contributed by atoms with Crippen LogP contribution in [0.15, 0.2) is 24.4 Å². The van der Waals surface area contributed by atoms with Crippen LogP contribution in [0.5, 0.6) is 0 Å². The molecule has 0 unspecified atom stereocenters. The Morgan fingerprint density at radius 3 is 2.74 bits per heavy atom. The van der Waals surface area contributed by atoms with Crippen LogP contribution in [-0.2, 0) is 6.54 Å². The maximum Gasteiger partial charge on any atom is 0.225 e. The smallest absolute Gasteiger partial charge is 0.225 e. The molecular formula is C22H31N7OS. The lowest BCUT2D eigenvalue weighted by molar-refractivity contribution is 0.126. The van der Waals surface area contributed by atoms with Crippen molar-refractivity contribution >= 4 is 38.6 Å². The number of aliphatic hydroxyl groups excluding tert-OH is 1. The SMILES string of the molecule is CC(C)CN(C)Cc1cc(Nc2nc3cccnc3s2)nc(NC2CCC(O)CC2)n1. The summed E-state index contributed by atoms with van der Waals surface area (Å²) >= 11 is 1.51. The molecular weight excluding hydrogens is 410 g/mol. The summed E-state index contributed by atoms with van der Waals surface area (Å²) in [6, 6.07) is 6.13. The van der Waals surface area contributed by atoms with Gasteiger partial charge in [-0.1, -0.05) is 25.2 Å². The third-order valence-corrected chi connectivity index (χ3v) is 6.21. The van der Waals surface area contributed by atoms with Gasteiger partial charge in [0.25, 0.3) is 0 Å². The third kappa shape index (κ3) is 6.09. The molecule has 4 rings (SSSR count). The highest BCUT2D eigenvalue weighted by Crippen LogP contribution is 2.27. The average Bonchev–Trinajstić information content (AvgIpc) is 3.11. The number of nitrogens with zero attached hydrogens (tertiary/aromatic N) is 5. The van der Waals surface area contributed by atoms with Crippen molar-refractivity contribution in [2.45, 2.75) is 58.2 Å². The van der Waals surface area contributed by atoms with E-state index in [-0.39, 0.29) is 12.1 Å². The summed E-state index contributed by atoms with van der Waals surface area (Å²) in [7, 11) is 2.12. The molecule has 0 atom stereocenters. The molecule has 8 nitrogen and oxygen atoms in total. The van der Waals surface area contributed by atoms with E-state index >= 15 is 0 Å². The molecule has 0 saturated heterocycles. The second-order valence-electron chi connectivity index (χ2n) is 8.78. The van der Waals surface area contributed by atoms with E-state index in [2.05, 4.69) is 46.4 Å². The molecule has 0 aliphatic heterocycles. The Kier molecular flexibility index (Phi) is 6.94. The average molecular weight is 442 g/mol. The summed E-state index contributed by atoms with van der Waals surface area (Å²) in [6.45, 7) is 6.18. The van der Waals surface area contributed by atoms with Crippen molar-refractivity contribution in [3.8, 4) is 0 Å². The number of nitrogens with one attached hydrogen (secondary N) is 2. The van der Waals surface area contributed by atoms with Crippen LogP contribution in [0.25, 0.3) is 10.3 Å². The Hall–Kier alpha value is -2.36. The molecule has 0 amide bonds. The standard InChI is InChI=1S/C22H31N7OS/c1-14(2)12-29(3)13-16-11-19(28-22-26-18-5-4-10-23-20(18)31-22)27-21(25-16)24-15-6-8-17(30)9-7-15/h4-5,10-11,14-15,17,30H,6-9,12-13H2,1-3H3,(H2,24,25,26,27,28). The number of rotatable bonds is 8. The Bertz CT molecular complexity index is 967. The number of anilines is 3. The molecule has 166 valence electrons. The molecule has 0 radical (unpaired) electrons. The van der Waals surface area contributed by atoms with Crippen LogP contribution in [0.3, 0.4) is 0 Å². The maximum atomic E-state index is 9.79. The molecule has 1 aliphatic rings. The van der Waals surface area contributed by atoms with E-state index in [4.69, 9.17) is 9.97 Å². The lowest BCUT2D eigenvalue weighted by Gasteiger charge is -2.26. The largest absolute Gasteiger partial charge is 0.393 e. The molecule has 3 N–H and O–H groups in total. The summed E-state index contributed by atoms with van der Waals surface area (Å²) in [5, 5.41) is 17.4. The lowest BCUT2D eigenvalue weighted by Crippen LogP contribution is -2.29. The van der Waals surface area contributed by atoms with E-state index in [9.17, 15) is 5.11 Å². The Labute approximate surface area is 187 Å². The molecule has 1 aliphatic carbocycles. The minimum atomic E-state index is -0.181. The number of hydrogen-bond donors (Lipinski definition) is 3. The first kappa shape index (κ1) is 21.9. The van der Waals surface area contributed by atoms with Gasteiger partial charge in [-0.15, -0.1) is 0 Å². The van der Waals surface area contributed by atoms with Crippen LogP contribution in [-0.4, -0.2) is 55.7 Å². The number of fused-ring (bicyclic) bond motifs is 1. The van der Waals surface area contributed by atoms with Gasteiger partial charge in [0.1, 0.15) is 16.2 Å². The van der Waals surface area contributed by atoms with Crippen LogP contribution >= 0.6 is 11.3 Å². The zero-order valence-corrected chi connectivity index (χ0v) is 19.2. The lowest BCUT2D eigenvalue weighted by atomic mass is 9.93. The molecule has 0 aromatic carbocycles. The van der Waals surface area contributed by atoms with Crippen molar-refractivity contribution in [2.24, 2.45) is 5.92 Å². The van der Waals surface area contributed by atoms with Gasteiger partial charge >= 0.3 is 0 Å². The van der Waals surface area contributed by atoms with E-state index < -0.39 is 0 Å². The van der Waals surface area contributed by atoms with Crippen molar-refractivity contribution < 1.29 is 5.11 Å². The molecule has 1 fully saturated rings. The topological polar surface area (TPSA) is 99.1 Å². The van der Waals surface area contributed by atoms with Crippen LogP contribution < -0.4 is 10.6 Å². The highest BCUT2D eigenvalue weighted by Gasteiger charge is 2.20. The van der Waals surface area contributed by atoms with Gasteiger partial charge in [-0.25, -0.2) is 15.0 Å².